The van der Waals surface area contributed by atoms with Gasteiger partial charge in [-0.1, -0.05) is 67.7 Å². The molecule has 0 nitrogen and oxygen atoms in total. The van der Waals surface area contributed by atoms with E-state index in [0.29, 0.717) is 17.8 Å². The van der Waals surface area contributed by atoms with Gasteiger partial charge in [0.1, 0.15) is 0 Å². The molecule has 1 aromatic rings. The average molecular weight is 290 g/mol. The van der Waals surface area contributed by atoms with Crippen molar-refractivity contribution < 1.29 is 0 Å². The number of hydrogen-bond acceptors (Lipinski definition) is 0. The minimum atomic E-state index is -0.132. The lowest BCUT2D eigenvalue weighted by atomic mass is 9.89. The summed E-state index contributed by atoms with van der Waals surface area (Å²) in [6.45, 7) is 20.2. The Morgan fingerprint density at radius 3 is 1.70 bits per heavy atom. The van der Waals surface area contributed by atoms with Gasteiger partial charge in [0, 0.05) is 0 Å². The minimum Gasteiger partial charge on any atom is -0.103 e. The standard InChI is InChI=1S/C19H31P/c1-9-10-20(8)19-17(14(4)5)11-16(13(2)3)12-18(19)15(6)7/h9,11-15H,1,10H2,2-8H3. The summed E-state index contributed by atoms with van der Waals surface area (Å²) in [5.74, 6) is 1.79. The molecule has 0 aliphatic rings. The maximum Gasteiger partial charge on any atom is -0.0109 e. The molecule has 0 saturated carbocycles. The third-order valence-electron chi connectivity index (χ3n) is 3.89. The zero-order valence-corrected chi connectivity index (χ0v) is 15.2. The lowest BCUT2D eigenvalue weighted by molar-refractivity contribution is 0.813. The molecule has 0 fully saturated rings. The fourth-order valence-electron chi connectivity index (χ4n) is 2.64. The highest BCUT2D eigenvalue weighted by atomic mass is 31.1. The summed E-state index contributed by atoms with van der Waals surface area (Å²) in [6, 6.07) is 4.91. The van der Waals surface area contributed by atoms with Gasteiger partial charge in [0.25, 0.3) is 0 Å². The zero-order chi connectivity index (χ0) is 15.4. The normalized spacial score (nSPS) is 13.3. The van der Waals surface area contributed by atoms with Gasteiger partial charge in [-0.05, 0) is 52.6 Å². The summed E-state index contributed by atoms with van der Waals surface area (Å²) in [7, 11) is -0.132. The van der Waals surface area contributed by atoms with E-state index in [1.165, 1.54) is 5.56 Å². The third-order valence-corrected chi connectivity index (χ3v) is 5.97. The summed E-state index contributed by atoms with van der Waals surface area (Å²) >= 11 is 0. The van der Waals surface area contributed by atoms with Crippen LogP contribution in [0.3, 0.4) is 0 Å². The summed E-state index contributed by atoms with van der Waals surface area (Å²) in [5.41, 5.74) is 4.62. The Balaban J connectivity index is 3.54. The van der Waals surface area contributed by atoms with Crippen LogP contribution in [0, 0.1) is 0 Å². The summed E-state index contributed by atoms with van der Waals surface area (Å²) in [6.07, 6.45) is 3.20. The molecule has 1 aromatic carbocycles. The predicted octanol–water partition coefficient (Wildman–Crippen LogP) is 5.98. The number of rotatable bonds is 6. The molecular formula is C19H31P. The Kier molecular flexibility index (Phi) is 6.46. The quantitative estimate of drug-likeness (QED) is 0.446. The Labute approximate surface area is 127 Å². The van der Waals surface area contributed by atoms with E-state index in [0.717, 1.165) is 6.16 Å². The van der Waals surface area contributed by atoms with Crippen molar-refractivity contribution in [3.8, 4) is 0 Å². The molecule has 1 atom stereocenters. The molecule has 0 aromatic heterocycles. The van der Waals surface area contributed by atoms with Crippen molar-refractivity contribution in [3.05, 3.63) is 41.5 Å². The van der Waals surface area contributed by atoms with Crippen LogP contribution in [0.5, 0.6) is 0 Å². The Morgan fingerprint density at radius 1 is 0.950 bits per heavy atom. The molecule has 0 bridgehead atoms. The lowest BCUT2D eigenvalue weighted by Crippen LogP contribution is -2.19. The molecule has 0 radical (unpaired) electrons. The molecule has 0 heterocycles. The number of allylic oxidation sites excluding steroid dienone is 1. The molecule has 0 amide bonds. The van der Waals surface area contributed by atoms with Crippen LogP contribution in [0.2, 0.25) is 0 Å². The van der Waals surface area contributed by atoms with Crippen LogP contribution in [0.15, 0.2) is 24.8 Å². The van der Waals surface area contributed by atoms with Gasteiger partial charge < -0.3 is 0 Å². The molecule has 1 unspecified atom stereocenters. The highest BCUT2D eigenvalue weighted by Crippen LogP contribution is 2.38. The minimum absolute atomic E-state index is 0.132. The molecule has 1 rings (SSSR count). The van der Waals surface area contributed by atoms with Gasteiger partial charge in [-0.2, -0.15) is 0 Å². The first-order chi connectivity index (χ1) is 9.29. The fraction of sp³-hybridized carbons (Fsp3) is 0.579. The molecule has 0 spiro atoms. The van der Waals surface area contributed by atoms with E-state index in [4.69, 9.17) is 0 Å². The average Bonchev–Trinajstić information content (AvgIpc) is 2.36. The van der Waals surface area contributed by atoms with Crippen LogP contribution in [-0.2, 0) is 0 Å². The molecule has 112 valence electrons. The Bertz CT molecular complexity index is 426. The second kappa shape index (κ2) is 7.41. The molecule has 0 aliphatic carbocycles. The van der Waals surface area contributed by atoms with Crippen molar-refractivity contribution in [1.29, 1.82) is 0 Å². The van der Waals surface area contributed by atoms with E-state index in [9.17, 15) is 0 Å². The second-order valence-electron chi connectivity index (χ2n) is 6.68. The topological polar surface area (TPSA) is 0 Å². The van der Waals surface area contributed by atoms with Crippen molar-refractivity contribution in [2.24, 2.45) is 0 Å². The molecular weight excluding hydrogens is 259 g/mol. The zero-order valence-electron chi connectivity index (χ0n) is 14.3. The van der Waals surface area contributed by atoms with E-state index in [-0.39, 0.29) is 7.92 Å². The van der Waals surface area contributed by atoms with Crippen LogP contribution < -0.4 is 5.30 Å². The molecule has 0 N–H and O–H groups in total. The number of hydrogen-bond donors (Lipinski definition) is 0. The fourth-order valence-corrected chi connectivity index (χ4v) is 4.74. The molecule has 1 heteroatoms. The summed E-state index contributed by atoms with van der Waals surface area (Å²) < 4.78 is 0. The van der Waals surface area contributed by atoms with Crippen molar-refractivity contribution in [2.75, 3.05) is 12.8 Å². The third kappa shape index (κ3) is 3.95. The van der Waals surface area contributed by atoms with Crippen LogP contribution in [0.25, 0.3) is 0 Å². The summed E-state index contributed by atoms with van der Waals surface area (Å²) in [5, 5.41) is 1.63. The lowest BCUT2D eigenvalue weighted by Gasteiger charge is -2.26. The van der Waals surface area contributed by atoms with Gasteiger partial charge >= 0.3 is 0 Å². The van der Waals surface area contributed by atoms with Crippen LogP contribution in [0.1, 0.15) is 76.0 Å². The highest BCUT2D eigenvalue weighted by molar-refractivity contribution is 7.65. The van der Waals surface area contributed by atoms with Crippen molar-refractivity contribution in [1.82, 2.24) is 0 Å². The van der Waals surface area contributed by atoms with Crippen molar-refractivity contribution in [2.45, 2.75) is 59.3 Å². The monoisotopic (exact) mass is 290 g/mol. The van der Waals surface area contributed by atoms with Crippen LogP contribution >= 0.6 is 7.92 Å². The Morgan fingerprint density at radius 2 is 1.40 bits per heavy atom. The first-order valence-electron chi connectivity index (χ1n) is 7.79. The van der Waals surface area contributed by atoms with E-state index in [1.807, 2.05) is 0 Å². The maximum absolute atomic E-state index is 3.94. The van der Waals surface area contributed by atoms with Crippen LogP contribution in [-0.4, -0.2) is 12.8 Å². The molecule has 20 heavy (non-hydrogen) atoms. The SMILES string of the molecule is C=CCP(C)c1c(C(C)C)cc(C(C)C)cc1C(C)C. The van der Waals surface area contributed by atoms with Gasteiger partial charge in [0.2, 0.25) is 0 Å². The summed E-state index contributed by atoms with van der Waals surface area (Å²) in [4.78, 5) is 0. The first-order valence-corrected chi connectivity index (χ1v) is 9.76. The second-order valence-corrected chi connectivity index (χ2v) is 8.89. The van der Waals surface area contributed by atoms with E-state index >= 15 is 0 Å². The molecule has 0 aliphatic heterocycles. The van der Waals surface area contributed by atoms with E-state index in [2.05, 4.69) is 73.0 Å². The van der Waals surface area contributed by atoms with Gasteiger partial charge in [0.15, 0.2) is 0 Å². The van der Waals surface area contributed by atoms with Crippen molar-refractivity contribution in [3.63, 3.8) is 0 Å². The van der Waals surface area contributed by atoms with Gasteiger partial charge in [-0.25, -0.2) is 0 Å². The van der Waals surface area contributed by atoms with Gasteiger partial charge in [0.05, 0.1) is 0 Å². The number of benzene rings is 1. The Hall–Kier alpha value is -0.610. The maximum atomic E-state index is 3.94. The van der Waals surface area contributed by atoms with E-state index in [1.54, 1.807) is 16.4 Å². The smallest absolute Gasteiger partial charge is 0.0109 e. The largest absolute Gasteiger partial charge is 0.103 e. The predicted molar refractivity (Wildman–Crippen MR) is 96.3 cm³/mol. The first kappa shape index (κ1) is 17.4. The van der Waals surface area contributed by atoms with Gasteiger partial charge in [-0.15, -0.1) is 6.58 Å². The van der Waals surface area contributed by atoms with Crippen LogP contribution in [0.4, 0.5) is 0 Å². The van der Waals surface area contributed by atoms with Crippen molar-refractivity contribution >= 4 is 13.2 Å². The highest BCUT2D eigenvalue weighted by Gasteiger charge is 2.20. The molecule has 0 saturated heterocycles. The van der Waals surface area contributed by atoms with Gasteiger partial charge in [-0.3, -0.25) is 0 Å². The van der Waals surface area contributed by atoms with E-state index < -0.39 is 0 Å².